The molecule has 3 aliphatic rings. The molecule has 3 fully saturated rings. The van der Waals surface area contributed by atoms with Crippen LogP contribution in [-0.4, -0.2) is 51.4 Å². The first-order chi connectivity index (χ1) is 14.7. The van der Waals surface area contributed by atoms with Crippen LogP contribution in [0.15, 0.2) is 18.2 Å². The second-order valence-corrected chi connectivity index (χ2v) is 10.7. The summed E-state index contributed by atoms with van der Waals surface area (Å²) < 4.78 is 5.01. The summed E-state index contributed by atoms with van der Waals surface area (Å²) in [6, 6.07) is 5.12. The predicted octanol–water partition coefficient (Wildman–Crippen LogP) is 3.30. The molecule has 10 heteroatoms. The number of alkyl halides is 2. The van der Waals surface area contributed by atoms with Crippen molar-refractivity contribution in [1.29, 1.82) is 0 Å². The highest BCUT2D eigenvalue weighted by molar-refractivity contribution is 9.12. The van der Waals surface area contributed by atoms with Crippen LogP contribution >= 0.6 is 43.5 Å². The molecule has 1 heterocycles. The van der Waals surface area contributed by atoms with Crippen LogP contribution in [0.2, 0.25) is 5.02 Å². The Morgan fingerprint density at radius 1 is 1.16 bits per heavy atom. The largest absolute Gasteiger partial charge is 0.456 e. The van der Waals surface area contributed by atoms with E-state index in [2.05, 4.69) is 37.2 Å². The van der Waals surface area contributed by atoms with E-state index in [9.17, 15) is 19.2 Å². The molecule has 1 N–H and O–H groups in total. The molecule has 1 aromatic rings. The van der Waals surface area contributed by atoms with Gasteiger partial charge >= 0.3 is 5.97 Å². The first kappa shape index (κ1) is 22.7. The number of nitrogens with one attached hydrogen (secondary N) is 1. The van der Waals surface area contributed by atoms with Crippen molar-refractivity contribution in [3.8, 4) is 0 Å². The van der Waals surface area contributed by atoms with E-state index in [0.717, 1.165) is 6.42 Å². The molecule has 4 rings (SSSR count). The van der Waals surface area contributed by atoms with Crippen LogP contribution in [0.5, 0.6) is 0 Å². The molecule has 1 saturated heterocycles. The third kappa shape index (κ3) is 4.04. The van der Waals surface area contributed by atoms with Crippen LogP contribution in [0, 0.1) is 30.6 Å². The molecular weight excluding hydrogens is 556 g/mol. The molecule has 7 nitrogen and oxygen atoms in total. The van der Waals surface area contributed by atoms with Crippen LogP contribution in [-0.2, 0) is 23.9 Å². The van der Waals surface area contributed by atoms with Gasteiger partial charge in [-0.15, -0.1) is 0 Å². The molecule has 2 bridgehead atoms. The number of nitrogens with zero attached hydrogens (tertiary/aromatic N) is 1. The van der Waals surface area contributed by atoms with Crippen LogP contribution in [0.1, 0.15) is 18.4 Å². The lowest BCUT2D eigenvalue weighted by molar-refractivity contribution is -0.149. The topological polar surface area (TPSA) is 92.8 Å². The molecule has 0 unspecified atom stereocenters. The zero-order valence-electron chi connectivity index (χ0n) is 16.6. The number of esters is 1. The van der Waals surface area contributed by atoms with Crippen molar-refractivity contribution in [2.45, 2.75) is 29.4 Å². The summed E-state index contributed by atoms with van der Waals surface area (Å²) in [4.78, 5) is 51.3. The van der Waals surface area contributed by atoms with E-state index in [-0.39, 0.29) is 58.1 Å². The summed E-state index contributed by atoms with van der Waals surface area (Å²) in [5, 5.41) is 3.16. The molecule has 1 aromatic carbocycles. The number of amides is 3. The Labute approximate surface area is 201 Å². The number of fused-ring (bicyclic) bond motifs is 5. The lowest BCUT2D eigenvalue weighted by Gasteiger charge is -2.28. The Bertz CT molecular complexity index is 926. The van der Waals surface area contributed by atoms with Gasteiger partial charge in [-0.3, -0.25) is 24.1 Å². The van der Waals surface area contributed by atoms with Gasteiger partial charge in [0.15, 0.2) is 6.61 Å². The molecule has 3 amide bonds. The first-order valence-electron chi connectivity index (χ1n) is 10.0. The first-order valence-corrected chi connectivity index (χ1v) is 12.3. The van der Waals surface area contributed by atoms with Crippen LogP contribution in [0.3, 0.4) is 0 Å². The molecule has 6 atom stereocenters. The van der Waals surface area contributed by atoms with Crippen LogP contribution < -0.4 is 5.32 Å². The van der Waals surface area contributed by atoms with Crippen molar-refractivity contribution >= 4 is 72.8 Å². The quantitative estimate of drug-likeness (QED) is 0.319. The minimum atomic E-state index is -0.643. The standard InChI is InChI=1S/C21H21Br2ClN2O5/c1-9-12(24)3-2-4-13(9)25-14(27)8-31-15(28)5-6-26-20(29)16-10-7-11(17(16)21(26)30)19(23)18(10)22/h2-4,10-11,16-19H,5-8H2,1H3,(H,25,27)/t10-,11-,16-,17+,18-,19+/m1/s1. The van der Waals surface area contributed by atoms with Gasteiger partial charge in [-0.1, -0.05) is 49.5 Å². The van der Waals surface area contributed by atoms with E-state index in [1.165, 1.54) is 4.90 Å². The summed E-state index contributed by atoms with van der Waals surface area (Å²) in [6.45, 7) is 1.28. The maximum atomic E-state index is 12.8. The SMILES string of the molecule is Cc1c(Cl)cccc1NC(=O)COC(=O)CCN1C(=O)[C@@H]2[C@H]3C[C@@H]([C@H](Br)[C@@H]3Br)[C@@H]2C1=O. The summed E-state index contributed by atoms with van der Waals surface area (Å²) in [6.07, 6.45) is 0.709. The minimum Gasteiger partial charge on any atom is -0.456 e. The second kappa shape index (κ2) is 8.83. The average molecular weight is 577 g/mol. The molecule has 1 aliphatic heterocycles. The number of hydrogen-bond donors (Lipinski definition) is 1. The van der Waals surface area contributed by atoms with Gasteiger partial charge in [0.05, 0.1) is 18.3 Å². The van der Waals surface area contributed by atoms with Crippen LogP contribution in [0.4, 0.5) is 5.69 Å². The highest BCUT2D eigenvalue weighted by Crippen LogP contribution is 2.60. The summed E-state index contributed by atoms with van der Waals surface area (Å²) in [5.74, 6) is -1.89. The molecule has 2 aliphatic carbocycles. The maximum Gasteiger partial charge on any atom is 0.308 e. The number of imide groups is 1. The maximum absolute atomic E-state index is 12.8. The molecular formula is C21H21Br2ClN2O5. The zero-order chi connectivity index (χ0) is 22.4. The van der Waals surface area contributed by atoms with Gasteiger partial charge < -0.3 is 10.1 Å². The number of ether oxygens (including phenoxy) is 1. The van der Waals surface area contributed by atoms with Crippen LogP contribution in [0.25, 0.3) is 0 Å². The lowest BCUT2D eigenvalue weighted by Crippen LogP contribution is -2.37. The second-order valence-electron chi connectivity index (χ2n) is 8.20. The fraction of sp³-hybridized carbons (Fsp3) is 0.524. The van der Waals surface area contributed by atoms with Crippen molar-refractivity contribution in [3.63, 3.8) is 0 Å². The highest BCUT2D eigenvalue weighted by Gasteiger charge is 2.66. The van der Waals surface area contributed by atoms with Crippen molar-refractivity contribution in [3.05, 3.63) is 28.8 Å². The van der Waals surface area contributed by atoms with E-state index in [1.807, 2.05) is 0 Å². The number of anilines is 1. The molecule has 0 aromatic heterocycles. The third-order valence-corrected chi connectivity index (χ3v) is 10.1. The zero-order valence-corrected chi connectivity index (χ0v) is 20.6. The van der Waals surface area contributed by atoms with Gasteiger partial charge in [0.25, 0.3) is 5.91 Å². The van der Waals surface area contributed by atoms with E-state index in [4.69, 9.17) is 16.3 Å². The average Bonchev–Trinajstić information content (AvgIpc) is 3.33. The monoisotopic (exact) mass is 574 g/mol. The Kier molecular flexibility index (Phi) is 6.47. The lowest BCUT2D eigenvalue weighted by atomic mass is 9.81. The minimum absolute atomic E-state index is 0.0299. The number of hydrogen-bond acceptors (Lipinski definition) is 5. The number of likely N-dealkylation sites (tertiary alicyclic amines) is 1. The number of benzene rings is 1. The highest BCUT2D eigenvalue weighted by atomic mass is 79.9. The molecule has 0 radical (unpaired) electrons. The van der Waals surface area contributed by atoms with E-state index in [1.54, 1.807) is 25.1 Å². The van der Waals surface area contributed by atoms with E-state index in [0.29, 0.717) is 16.3 Å². The van der Waals surface area contributed by atoms with Gasteiger partial charge in [-0.2, -0.15) is 0 Å². The van der Waals surface area contributed by atoms with Gasteiger partial charge in [-0.05, 0) is 42.9 Å². The Morgan fingerprint density at radius 3 is 2.39 bits per heavy atom. The summed E-state index contributed by atoms with van der Waals surface area (Å²) in [7, 11) is 0. The summed E-state index contributed by atoms with van der Waals surface area (Å²) in [5.41, 5.74) is 1.25. The molecule has 31 heavy (non-hydrogen) atoms. The molecule has 2 saturated carbocycles. The summed E-state index contributed by atoms with van der Waals surface area (Å²) >= 11 is 13.3. The van der Waals surface area contributed by atoms with E-state index < -0.39 is 18.5 Å². The number of carbonyl (C=O) groups excluding carboxylic acids is 4. The molecule has 0 spiro atoms. The predicted molar refractivity (Wildman–Crippen MR) is 121 cm³/mol. The Morgan fingerprint density at radius 2 is 1.77 bits per heavy atom. The van der Waals surface area contributed by atoms with Gasteiger partial charge in [0, 0.05) is 26.9 Å². The fourth-order valence-corrected chi connectivity index (χ4v) is 7.03. The fourth-order valence-electron chi connectivity index (χ4n) is 4.98. The van der Waals surface area contributed by atoms with Crippen molar-refractivity contribution < 1.29 is 23.9 Å². The van der Waals surface area contributed by atoms with Gasteiger partial charge in [-0.25, -0.2) is 0 Å². The van der Waals surface area contributed by atoms with Crippen molar-refractivity contribution in [2.24, 2.45) is 23.7 Å². The van der Waals surface area contributed by atoms with Crippen molar-refractivity contribution in [2.75, 3.05) is 18.5 Å². The third-order valence-electron chi connectivity index (χ3n) is 6.52. The smallest absolute Gasteiger partial charge is 0.308 e. The molecule has 166 valence electrons. The number of carbonyl (C=O) groups is 4. The Hall–Kier alpha value is -1.45. The van der Waals surface area contributed by atoms with Gasteiger partial charge in [0.2, 0.25) is 11.8 Å². The van der Waals surface area contributed by atoms with E-state index >= 15 is 0 Å². The Balaban J connectivity index is 1.27. The number of rotatable bonds is 6. The van der Waals surface area contributed by atoms with Crippen molar-refractivity contribution in [1.82, 2.24) is 4.90 Å². The normalized spacial score (nSPS) is 31.2. The number of halogens is 3. The van der Waals surface area contributed by atoms with Gasteiger partial charge in [0.1, 0.15) is 0 Å².